The standard InChI is InChI=1S/C20H26N2O3S2/c1-14-6-2-5-9-16(14)22-17-12-27(24,25)13-18(17)26-20(22)21-19(23)11-10-15-7-3-4-8-15/h2,5-6,9,15,17-18H,3-4,7-8,10-13H2,1H3/t17-,18-/m1/s1. The summed E-state index contributed by atoms with van der Waals surface area (Å²) in [5.41, 5.74) is 2.02. The van der Waals surface area contributed by atoms with Crippen molar-refractivity contribution in [2.45, 2.75) is 56.7 Å². The summed E-state index contributed by atoms with van der Waals surface area (Å²) in [6.07, 6.45) is 6.44. The third-order valence-electron chi connectivity index (χ3n) is 5.90. The Kier molecular flexibility index (Phi) is 5.34. The first-order valence-corrected chi connectivity index (χ1v) is 12.5. The van der Waals surface area contributed by atoms with Gasteiger partial charge in [-0.3, -0.25) is 4.79 Å². The number of para-hydroxylation sites is 1. The number of amidine groups is 1. The van der Waals surface area contributed by atoms with Crippen LogP contribution >= 0.6 is 11.8 Å². The molecule has 2 saturated heterocycles. The molecule has 4 rings (SSSR count). The van der Waals surface area contributed by atoms with Crippen LogP contribution in [0, 0.1) is 12.8 Å². The zero-order valence-electron chi connectivity index (χ0n) is 15.6. The number of rotatable bonds is 4. The molecule has 0 N–H and O–H groups in total. The van der Waals surface area contributed by atoms with E-state index in [1.54, 1.807) is 0 Å². The van der Waals surface area contributed by atoms with Crippen molar-refractivity contribution in [1.82, 2.24) is 0 Å². The van der Waals surface area contributed by atoms with Crippen molar-refractivity contribution in [2.24, 2.45) is 10.9 Å². The molecule has 7 heteroatoms. The Bertz CT molecular complexity index is 860. The maximum Gasteiger partial charge on any atom is 0.248 e. The van der Waals surface area contributed by atoms with Gasteiger partial charge in [-0.1, -0.05) is 55.6 Å². The molecule has 0 radical (unpaired) electrons. The van der Waals surface area contributed by atoms with E-state index in [0.29, 0.717) is 17.5 Å². The van der Waals surface area contributed by atoms with Crippen molar-refractivity contribution in [2.75, 3.05) is 16.4 Å². The number of carbonyl (C=O) groups is 1. The first-order chi connectivity index (χ1) is 12.9. The molecule has 2 aliphatic heterocycles. The Morgan fingerprint density at radius 1 is 1.22 bits per heavy atom. The van der Waals surface area contributed by atoms with Crippen LogP contribution in [0.2, 0.25) is 0 Å². The van der Waals surface area contributed by atoms with E-state index in [1.165, 1.54) is 37.4 Å². The summed E-state index contributed by atoms with van der Waals surface area (Å²) >= 11 is 1.46. The number of thioether (sulfide) groups is 1. The monoisotopic (exact) mass is 406 g/mol. The van der Waals surface area contributed by atoms with Crippen molar-refractivity contribution in [3.05, 3.63) is 29.8 Å². The molecule has 5 nitrogen and oxygen atoms in total. The van der Waals surface area contributed by atoms with Crippen molar-refractivity contribution >= 4 is 38.4 Å². The summed E-state index contributed by atoms with van der Waals surface area (Å²) in [7, 11) is -3.03. The van der Waals surface area contributed by atoms with Crippen LogP contribution < -0.4 is 4.90 Å². The van der Waals surface area contributed by atoms with Crippen LogP contribution in [0.4, 0.5) is 5.69 Å². The molecule has 1 aromatic rings. The molecule has 1 amide bonds. The number of benzene rings is 1. The van der Waals surface area contributed by atoms with Crippen molar-refractivity contribution < 1.29 is 13.2 Å². The van der Waals surface area contributed by atoms with Crippen molar-refractivity contribution in [1.29, 1.82) is 0 Å². The molecular formula is C20H26N2O3S2. The fraction of sp³-hybridized carbons (Fsp3) is 0.600. The second-order valence-electron chi connectivity index (χ2n) is 7.93. The average Bonchev–Trinajstić information content (AvgIpc) is 3.29. The average molecular weight is 407 g/mol. The van der Waals surface area contributed by atoms with E-state index in [2.05, 4.69) is 4.99 Å². The quantitative estimate of drug-likeness (QED) is 0.765. The number of sulfone groups is 1. The lowest BCUT2D eigenvalue weighted by molar-refractivity contribution is -0.118. The van der Waals surface area contributed by atoms with E-state index in [4.69, 9.17) is 0 Å². The number of aliphatic imine (C=N–C) groups is 1. The highest BCUT2D eigenvalue weighted by molar-refractivity contribution is 8.16. The van der Waals surface area contributed by atoms with Crippen LogP contribution in [0.1, 0.15) is 44.1 Å². The first-order valence-electron chi connectivity index (χ1n) is 9.76. The van der Waals surface area contributed by atoms with Gasteiger partial charge < -0.3 is 4.90 Å². The number of hydrogen-bond donors (Lipinski definition) is 0. The van der Waals surface area contributed by atoms with Crippen LogP contribution in [0.5, 0.6) is 0 Å². The van der Waals surface area contributed by atoms with Crippen LogP contribution in [0.25, 0.3) is 0 Å². The normalized spacial score (nSPS) is 28.8. The number of hydrogen-bond acceptors (Lipinski definition) is 4. The molecule has 1 saturated carbocycles. The Morgan fingerprint density at radius 3 is 2.70 bits per heavy atom. The van der Waals surface area contributed by atoms with Gasteiger partial charge in [0.1, 0.15) is 0 Å². The van der Waals surface area contributed by atoms with E-state index >= 15 is 0 Å². The van der Waals surface area contributed by atoms with E-state index < -0.39 is 9.84 Å². The highest BCUT2D eigenvalue weighted by Gasteiger charge is 2.49. The summed E-state index contributed by atoms with van der Waals surface area (Å²) < 4.78 is 24.3. The molecule has 0 bridgehead atoms. The van der Waals surface area contributed by atoms with Gasteiger partial charge >= 0.3 is 0 Å². The molecule has 27 heavy (non-hydrogen) atoms. The van der Waals surface area contributed by atoms with Crippen LogP contribution in [0.3, 0.4) is 0 Å². The van der Waals surface area contributed by atoms with E-state index in [-0.39, 0.29) is 28.7 Å². The highest BCUT2D eigenvalue weighted by atomic mass is 32.2. The molecule has 0 unspecified atom stereocenters. The predicted octanol–water partition coefficient (Wildman–Crippen LogP) is 3.57. The second kappa shape index (κ2) is 7.59. The third-order valence-corrected chi connectivity index (χ3v) is 9.11. The largest absolute Gasteiger partial charge is 0.315 e. The molecule has 3 fully saturated rings. The molecule has 1 aromatic carbocycles. The minimum atomic E-state index is -3.03. The molecule has 1 aliphatic carbocycles. The Hall–Kier alpha value is -1.34. The van der Waals surface area contributed by atoms with Crippen LogP contribution in [0.15, 0.2) is 29.3 Å². The lowest BCUT2D eigenvalue weighted by Gasteiger charge is -2.26. The van der Waals surface area contributed by atoms with Gasteiger partial charge in [-0.25, -0.2) is 8.42 Å². The molecular weight excluding hydrogens is 380 g/mol. The summed E-state index contributed by atoms with van der Waals surface area (Å²) in [5.74, 6) is 0.891. The van der Waals surface area contributed by atoms with Gasteiger partial charge in [0, 0.05) is 17.4 Å². The maximum absolute atomic E-state index is 12.5. The van der Waals surface area contributed by atoms with Gasteiger partial charge in [0.15, 0.2) is 15.0 Å². The second-order valence-corrected chi connectivity index (χ2v) is 11.3. The Morgan fingerprint density at radius 2 is 1.96 bits per heavy atom. The first kappa shape index (κ1) is 19.0. The highest BCUT2D eigenvalue weighted by Crippen LogP contribution is 2.42. The summed E-state index contributed by atoms with van der Waals surface area (Å²) in [6.45, 7) is 2.01. The number of nitrogens with zero attached hydrogens (tertiary/aromatic N) is 2. The van der Waals surface area contributed by atoms with E-state index in [9.17, 15) is 13.2 Å². The van der Waals surface area contributed by atoms with Crippen molar-refractivity contribution in [3.63, 3.8) is 0 Å². The number of fused-ring (bicyclic) bond motifs is 1. The predicted molar refractivity (Wildman–Crippen MR) is 111 cm³/mol. The molecule has 2 atom stereocenters. The summed E-state index contributed by atoms with van der Waals surface area (Å²) in [6, 6.07) is 7.78. The minimum Gasteiger partial charge on any atom is -0.315 e. The lowest BCUT2D eigenvalue weighted by Crippen LogP contribution is -2.38. The molecule has 3 aliphatic rings. The van der Waals surface area contributed by atoms with Gasteiger partial charge in [-0.15, -0.1) is 0 Å². The number of aryl methyl sites for hydroxylation is 1. The number of carbonyl (C=O) groups excluding carboxylic acids is 1. The van der Waals surface area contributed by atoms with Crippen molar-refractivity contribution in [3.8, 4) is 0 Å². The van der Waals surface area contributed by atoms with Gasteiger partial charge in [-0.2, -0.15) is 4.99 Å². The third kappa shape index (κ3) is 4.09. The molecule has 2 heterocycles. The SMILES string of the molecule is Cc1ccccc1N1C(=NC(=O)CCC2CCCC2)S[C@@H]2CS(=O)(=O)C[C@H]21. The zero-order chi connectivity index (χ0) is 19.0. The maximum atomic E-state index is 12.5. The lowest BCUT2D eigenvalue weighted by atomic mass is 10.0. The molecule has 0 aromatic heterocycles. The van der Waals surface area contributed by atoms with Crippen LogP contribution in [-0.4, -0.2) is 42.3 Å². The van der Waals surface area contributed by atoms with Gasteiger partial charge in [0.05, 0.1) is 17.5 Å². The van der Waals surface area contributed by atoms with Gasteiger partial charge in [0.2, 0.25) is 5.91 Å². The zero-order valence-corrected chi connectivity index (χ0v) is 17.3. The summed E-state index contributed by atoms with van der Waals surface area (Å²) in [4.78, 5) is 19.0. The van der Waals surface area contributed by atoms with Gasteiger partial charge in [0.25, 0.3) is 0 Å². The fourth-order valence-corrected chi connectivity index (χ4v) is 8.39. The van der Waals surface area contributed by atoms with Crippen LogP contribution in [-0.2, 0) is 14.6 Å². The fourth-order valence-electron chi connectivity index (χ4n) is 4.47. The topological polar surface area (TPSA) is 66.8 Å². The minimum absolute atomic E-state index is 0.0454. The van der Waals surface area contributed by atoms with E-state index in [1.807, 2.05) is 36.1 Å². The Balaban J connectivity index is 1.57. The summed E-state index contributed by atoms with van der Waals surface area (Å²) in [5, 5.41) is 0.626. The van der Waals surface area contributed by atoms with Gasteiger partial charge in [-0.05, 0) is 30.9 Å². The molecule has 0 spiro atoms. The number of anilines is 1. The molecule has 146 valence electrons. The Labute approximate surface area is 165 Å². The van der Waals surface area contributed by atoms with E-state index in [0.717, 1.165) is 17.7 Å². The smallest absolute Gasteiger partial charge is 0.248 e. The number of amides is 1.